The van der Waals surface area contributed by atoms with Crippen LogP contribution in [0.25, 0.3) is 0 Å². The van der Waals surface area contributed by atoms with E-state index in [-0.39, 0.29) is 5.25 Å². The lowest BCUT2D eigenvalue weighted by atomic mass is 10.3. The number of aliphatic hydroxyl groups excluding tert-OH is 1. The third-order valence-electron chi connectivity index (χ3n) is 0.938. The Hall–Kier alpha value is -0.460. The molecule has 0 amide bonds. The van der Waals surface area contributed by atoms with Gasteiger partial charge in [-0.25, -0.2) is 0 Å². The van der Waals surface area contributed by atoms with E-state index < -0.39 is 6.10 Å². The number of aliphatic hydroxyl groups is 1. The van der Waals surface area contributed by atoms with Gasteiger partial charge in [-0.15, -0.1) is 11.8 Å². The summed E-state index contributed by atoms with van der Waals surface area (Å²) in [6.45, 7) is 0. The summed E-state index contributed by atoms with van der Waals surface area (Å²) in [6, 6.07) is 1.96. The molecule has 8 heavy (non-hydrogen) atoms. The predicted octanol–water partition coefficient (Wildman–Crippen LogP) is 0.500. The van der Waals surface area contributed by atoms with E-state index in [1.54, 1.807) is 11.5 Å². The van der Waals surface area contributed by atoms with Crippen molar-refractivity contribution in [1.29, 1.82) is 5.26 Å². The first kappa shape index (κ1) is 5.67. The van der Waals surface area contributed by atoms with Crippen molar-refractivity contribution in [3.8, 4) is 6.07 Å². The Morgan fingerprint density at radius 2 is 2.50 bits per heavy atom. The van der Waals surface area contributed by atoms with Gasteiger partial charge in [0.1, 0.15) is 5.25 Å². The van der Waals surface area contributed by atoms with E-state index in [0.717, 1.165) is 0 Å². The maximum absolute atomic E-state index is 8.86. The van der Waals surface area contributed by atoms with Crippen molar-refractivity contribution in [2.75, 3.05) is 0 Å². The summed E-state index contributed by atoms with van der Waals surface area (Å²) in [5, 5.41) is 18.6. The molecule has 1 rings (SSSR count). The third-order valence-corrected chi connectivity index (χ3v) is 1.93. The molecule has 3 heteroatoms. The molecule has 2 atom stereocenters. The zero-order valence-corrected chi connectivity index (χ0v) is 4.93. The summed E-state index contributed by atoms with van der Waals surface area (Å²) < 4.78 is 0. The Bertz CT molecular complexity index is 149. The Labute approximate surface area is 51.8 Å². The molecule has 42 valence electrons. The fourth-order valence-electron chi connectivity index (χ4n) is 0.499. The minimum absolute atomic E-state index is 0.269. The molecule has 0 aromatic rings. The Morgan fingerprint density at radius 3 is 2.75 bits per heavy atom. The van der Waals surface area contributed by atoms with Crippen molar-refractivity contribution in [3.63, 3.8) is 0 Å². The van der Waals surface area contributed by atoms with Crippen molar-refractivity contribution in [2.24, 2.45) is 0 Å². The minimum atomic E-state index is -0.551. The summed E-state index contributed by atoms with van der Waals surface area (Å²) in [6.07, 6.45) is 1.07. The van der Waals surface area contributed by atoms with Gasteiger partial charge in [-0.1, -0.05) is 0 Å². The van der Waals surface area contributed by atoms with Crippen LogP contribution in [0.2, 0.25) is 0 Å². The summed E-state index contributed by atoms with van der Waals surface area (Å²) in [4.78, 5) is 0. The van der Waals surface area contributed by atoms with Crippen LogP contribution in [-0.4, -0.2) is 16.5 Å². The van der Waals surface area contributed by atoms with Crippen molar-refractivity contribution < 1.29 is 5.11 Å². The molecule has 0 radical (unpaired) electrons. The van der Waals surface area contributed by atoms with Crippen LogP contribution >= 0.6 is 11.8 Å². The Kier molecular flexibility index (Phi) is 1.56. The van der Waals surface area contributed by atoms with Crippen molar-refractivity contribution in [1.82, 2.24) is 0 Å². The van der Waals surface area contributed by atoms with Crippen LogP contribution in [0.4, 0.5) is 0 Å². The molecular formula is C5H5NOS. The third kappa shape index (κ3) is 0.857. The number of hydrogen-bond donors (Lipinski definition) is 1. The van der Waals surface area contributed by atoms with Gasteiger partial charge < -0.3 is 5.11 Å². The van der Waals surface area contributed by atoms with Gasteiger partial charge in [0.15, 0.2) is 0 Å². The first-order valence-corrected chi connectivity index (χ1v) is 3.18. The molecule has 0 bridgehead atoms. The molecule has 2 nitrogen and oxygen atoms in total. The number of nitriles is 1. The molecule has 1 aliphatic rings. The topological polar surface area (TPSA) is 44.0 Å². The van der Waals surface area contributed by atoms with Gasteiger partial charge in [0, 0.05) is 0 Å². The lowest BCUT2D eigenvalue weighted by molar-refractivity contribution is 0.236. The molecule has 1 heterocycles. The summed E-state index contributed by atoms with van der Waals surface area (Å²) in [5.41, 5.74) is 0. The molecule has 2 unspecified atom stereocenters. The highest BCUT2D eigenvalue weighted by molar-refractivity contribution is 8.03. The van der Waals surface area contributed by atoms with Gasteiger partial charge in [-0.2, -0.15) is 5.26 Å². The maximum atomic E-state index is 8.86. The summed E-state index contributed by atoms with van der Waals surface area (Å²) in [5.74, 6) is 0. The van der Waals surface area contributed by atoms with Crippen LogP contribution in [0.15, 0.2) is 11.5 Å². The smallest absolute Gasteiger partial charge is 0.125 e. The molecule has 0 aliphatic carbocycles. The highest BCUT2D eigenvalue weighted by Gasteiger charge is 2.19. The molecule has 0 aromatic heterocycles. The van der Waals surface area contributed by atoms with Crippen LogP contribution in [0.1, 0.15) is 0 Å². The number of hydrogen-bond acceptors (Lipinski definition) is 3. The average molecular weight is 127 g/mol. The second kappa shape index (κ2) is 2.21. The molecule has 0 aromatic carbocycles. The zero-order chi connectivity index (χ0) is 5.98. The highest BCUT2D eigenvalue weighted by atomic mass is 32.2. The van der Waals surface area contributed by atoms with Crippen LogP contribution in [0, 0.1) is 11.3 Å². The fourth-order valence-corrected chi connectivity index (χ4v) is 1.23. The van der Waals surface area contributed by atoms with Gasteiger partial charge in [-0.3, -0.25) is 0 Å². The van der Waals surface area contributed by atoms with Gasteiger partial charge in [0.05, 0.1) is 12.2 Å². The molecule has 0 saturated heterocycles. The van der Waals surface area contributed by atoms with Crippen LogP contribution in [-0.2, 0) is 0 Å². The van der Waals surface area contributed by atoms with Crippen molar-refractivity contribution in [3.05, 3.63) is 11.5 Å². The quantitative estimate of drug-likeness (QED) is 0.515. The van der Waals surface area contributed by atoms with Crippen molar-refractivity contribution in [2.45, 2.75) is 11.4 Å². The number of thioether (sulfide) groups is 1. The first-order chi connectivity index (χ1) is 3.84. The molecule has 1 aliphatic heterocycles. The maximum Gasteiger partial charge on any atom is 0.125 e. The predicted molar refractivity (Wildman–Crippen MR) is 32.1 cm³/mol. The molecule has 0 spiro atoms. The van der Waals surface area contributed by atoms with Gasteiger partial charge >= 0.3 is 0 Å². The highest BCUT2D eigenvalue weighted by Crippen LogP contribution is 2.22. The van der Waals surface area contributed by atoms with E-state index in [4.69, 9.17) is 10.4 Å². The van der Waals surface area contributed by atoms with Crippen molar-refractivity contribution >= 4 is 11.8 Å². The van der Waals surface area contributed by atoms with Crippen LogP contribution in [0.5, 0.6) is 0 Å². The largest absolute Gasteiger partial charge is 0.387 e. The van der Waals surface area contributed by atoms with Crippen LogP contribution < -0.4 is 0 Å². The van der Waals surface area contributed by atoms with E-state index in [2.05, 4.69) is 0 Å². The normalized spacial score (nSPS) is 35.0. The van der Waals surface area contributed by atoms with Gasteiger partial charge in [-0.05, 0) is 11.5 Å². The lowest BCUT2D eigenvalue weighted by Crippen LogP contribution is -2.13. The molecule has 0 fully saturated rings. The minimum Gasteiger partial charge on any atom is -0.387 e. The average Bonchev–Trinajstić information content (AvgIpc) is 2.14. The second-order valence-corrected chi connectivity index (χ2v) is 2.56. The molecule has 0 saturated carbocycles. The Balaban J connectivity index is 2.54. The SMILES string of the molecule is N#CC1SC=CC1O. The van der Waals surface area contributed by atoms with E-state index in [0.29, 0.717) is 0 Å². The Morgan fingerprint density at radius 1 is 1.75 bits per heavy atom. The fraction of sp³-hybridized carbons (Fsp3) is 0.400. The van der Waals surface area contributed by atoms with Crippen LogP contribution in [0.3, 0.4) is 0 Å². The summed E-state index contributed by atoms with van der Waals surface area (Å²) >= 11 is 1.36. The second-order valence-electron chi connectivity index (χ2n) is 1.50. The molecule has 1 N–H and O–H groups in total. The van der Waals surface area contributed by atoms with E-state index in [9.17, 15) is 0 Å². The standard InChI is InChI=1S/C5H5NOS/c6-3-5-4(7)1-2-8-5/h1-2,4-5,7H. The lowest BCUT2D eigenvalue weighted by Gasteiger charge is -2.00. The summed E-state index contributed by atoms with van der Waals surface area (Å²) in [7, 11) is 0. The van der Waals surface area contributed by atoms with E-state index in [1.165, 1.54) is 11.8 Å². The number of rotatable bonds is 0. The van der Waals surface area contributed by atoms with E-state index in [1.807, 2.05) is 6.07 Å². The van der Waals surface area contributed by atoms with Gasteiger partial charge in [0.25, 0.3) is 0 Å². The zero-order valence-electron chi connectivity index (χ0n) is 4.11. The first-order valence-electron chi connectivity index (χ1n) is 2.24. The monoisotopic (exact) mass is 127 g/mol. The molecular weight excluding hydrogens is 122 g/mol. The van der Waals surface area contributed by atoms with Gasteiger partial charge in [0.2, 0.25) is 0 Å². The number of nitrogens with zero attached hydrogens (tertiary/aromatic N) is 1. The van der Waals surface area contributed by atoms with E-state index >= 15 is 0 Å².